The van der Waals surface area contributed by atoms with Crippen LogP contribution in [0, 0.1) is 5.82 Å². The molecular formula is C28H26FN3O4. The zero-order chi connectivity index (χ0) is 24.8. The van der Waals surface area contributed by atoms with Crippen LogP contribution in [0.4, 0.5) is 4.39 Å². The Morgan fingerprint density at radius 3 is 2.61 bits per heavy atom. The molecule has 0 bridgehead atoms. The predicted molar refractivity (Wildman–Crippen MR) is 137 cm³/mol. The van der Waals surface area contributed by atoms with E-state index in [1.807, 2.05) is 28.8 Å². The normalized spacial score (nSPS) is 18.4. The van der Waals surface area contributed by atoms with Gasteiger partial charge in [-0.25, -0.2) is 9.18 Å². The Bertz CT molecular complexity index is 1710. The number of benzene rings is 2. The van der Waals surface area contributed by atoms with Crippen molar-refractivity contribution < 1.29 is 13.9 Å². The van der Waals surface area contributed by atoms with Gasteiger partial charge in [-0.2, -0.15) is 0 Å². The largest absolute Gasteiger partial charge is 0.422 e. The van der Waals surface area contributed by atoms with E-state index in [1.165, 1.54) is 18.2 Å². The molecule has 8 heteroatoms. The van der Waals surface area contributed by atoms with Crippen LogP contribution in [-0.4, -0.2) is 20.7 Å². The fourth-order valence-electron chi connectivity index (χ4n) is 5.49. The van der Waals surface area contributed by atoms with Gasteiger partial charge in [0.2, 0.25) is 0 Å². The smallest absolute Gasteiger partial charge is 0.345 e. The summed E-state index contributed by atoms with van der Waals surface area (Å²) in [5.41, 5.74) is 2.96. The van der Waals surface area contributed by atoms with E-state index in [0.29, 0.717) is 28.4 Å². The van der Waals surface area contributed by atoms with Crippen molar-refractivity contribution in [3.8, 4) is 0 Å². The predicted octanol–water partition coefficient (Wildman–Crippen LogP) is 4.49. The van der Waals surface area contributed by atoms with Crippen LogP contribution in [0.3, 0.4) is 0 Å². The highest BCUT2D eigenvalue weighted by Gasteiger charge is 2.24. The van der Waals surface area contributed by atoms with Crippen molar-refractivity contribution in [2.75, 3.05) is 0 Å². The van der Waals surface area contributed by atoms with Crippen LogP contribution in [0.15, 0.2) is 68.6 Å². The van der Waals surface area contributed by atoms with Crippen LogP contribution in [0.2, 0.25) is 0 Å². The molecule has 3 N–H and O–H groups in total. The van der Waals surface area contributed by atoms with Crippen LogP contribution in [0.1, 0.15) is 43.0 Å². The lowest BCUT2D eigenvalue weighted by Crippen LogP contribution is -2.35. The third-order valence-corrected chi connectivity index (χ3v) is 7.33. The molecule has 0 radical (unpaired) electrons. The van der Waals surface area contributed by atoms with Gasteiger partial charge in [0.05, 0.1) is 23.0 Å². The van der Waals surface area contributed by atoms with E-state index in [2.05, 4.69) is 10.3 Å². The molecule has 36 heavy (non-hydrogen) atoms. The number of H-pyrrole nitrogens is 1. The third-order valence-electron chi connectivity index (χ3n) is 7.33. The van der Waals surface area contributed by atoms with Crippen molar-refractivity contribution in [3.05, 3.63) is 92.4 Å². The first-order chi connectivity index (χ1) is 17.5. The number of halogens is 1. The van der Waals surface area contributed by atoms with Crippen LogP contribution in [0.5, 0.6) is 0 Å². The molecule has 2 aromatic carbocycles. The molecule has 3 aromatic heterocycles. The second-order valence-electron chi connectivity index (χ2n) is 9.59. The van der Waals surface area contributed by atoms with E-state index in [4.69, 9.17) is 4.42 Å². The van der Waals surface area contributed by atoms with Gasteiger partial charge in [-0.05, 0) is 73.0 Å². The quantitative estimate of drug-likeness (QED) is 0.317. The van der Waals surface area contributed by atoms with Crippen molar-refractivity contribution >= 4 is 32.8 Å². The van der Waals surface area contributed by atoms with Crippen LogP contribution in [-0.2, 0) is 13.2 Å². The fraction of sp³-hybridized carbons (Fsp3) is 0.286. The molecule has 0 amide bonds. The summed E-state index contributed by atoms with van der Waals surface area (Å²) >= 11 is 0. The Balaban J connectivity index is 1.18. The van der Waals surface area contributed by atoms with E-state index < -0.39 is 5.63 Å². The maximum atomic E-state index is 13.8. The second kappa shape index (κ2) is 9.04. The average Bonchev–Trinajstić information content (AvgIpc) is 3.33. The molecule has 1 aliphatic carbocycles. The molecule has 0 spiro atoms. The zero-order valence-corrected chi connectivity index (χ0v) is 19.6. The second-order valence-corrected chi connectivity index (χ2v) is 9.59. The minimum absolute atomic E-state index is 0.0189. The molecule has 6 rings (SSSR count). The Hall–Kier alpha value is -3.75. The number of aromatic nitrogens is 2. The van der Waals surface area contributed by atoms with Gasteiger partial charge in [-0.1, -0.05) is 12.1 Å². The summed E-state index contributed by atoms with van der Waals surface area (Å²) < 4.78 is 21.0. The fourth-order valence-corrected chi connectivity index (χ4v) is 5.49. The Morgan fingerprint density at radius 2 is 1.81 bits per heavy atom. The molecule has 1 saturated carbocycles. The van der Waals surface area contributed by atoms with Gasteiger partial charge in [-0.3, -0.25) is 4.79 Å². The molecule has 1 aliphatic rings. The minimum atomic E-state index is -0.447. The number of fused-ring (bicyclic) bond motifs is 4. The third kappa shape index (κ3) is 4.02. The van der Waals surface area contributed by atoms with Gasteiger partial charge in [0.15, 0.2) is 0 Å². The number of rotatable bonds is 5. The SMILES string of the molecule is O=c1oc2ccc(F)cc2c2[nH]c(CNC3CCC(n4c(=O)ccc5ccc(CO)cc54)CC3)cc12. The van der Waals surface area contributed by atoms with E-state index in [0.717, 1.165) is 47.8 Å². The molecule has 0 unspecified atom stereocenters. The lowest BCUT2D eigenvalue weighted by molar-refractivity contribution is 0.281. The first kappa shape index (κ1) is 22.7. The molecule has 184 valence electrons. The summed E-state index contributed by atoms with van der Waals surface area (Å²) in [6.45, 7) is 0.477. The highest BCUT2D eigenvalue weighted by molar-refractivity contribution is 6.02. The maximum Gasteiger partial charge on any atom is 0.345 e. The van der Waals surface area contributed by atoms with Crippen molar-refractivity contribution in [3.63, 3.8) is 0 Å². The summed E-state index contributed by atoms with van der Waals surface area (Å²) in [6.07, 6.45) is 3.54. The van der Waals surface area contributed by atoms with Crippen molar-refractivity contribution in [2.45, 2.75) is 50.9 Å². The number of hydrogen-bond acceptors (Lipinski definition) is 5. The summed E-state index contributed by atoms with van der Waals surface area (Å²) in [7, 11) is 0. The topological polar surface area (TPSA) is 100 Å². The van der Waals surface area contributed by atoms with Gasteiger partial charge in [0, 0.05) is 35.8 Å². The van der Waals surface area contributed by atoms with Crippen LogP contribution >= 0.6 is 0 Å². The minimum Gasteiger partial charge on any atom is -0.422 e. The molecule has 0 aliphatic heterocycles. The molecule has 0 atom stereocenters. The van der Waals surface area contributed by atoms with E-state index in [-0.39, 0.29) is 30.1 Å². The summed E-state index contributed by atoms with van der Waals surface area (Å²) in [6, 6.07) is 15.4. The summed E-state index contributed by atoms with van der Waals surface area (Å²) in [4.78, 5) is 28.4. The maximum absolute atomic E-state index is 13.8. The summed E-state index contributed by atoms with van der Waals surface area (Å²) in [5.74, 6) is -0.387. The number of hydrogen-bond donors (Lipinski definition) is 3. The number of pyridine rings is 1. The van der Waals surface area contributed by atoms with Gasteiger partial charge >= 0.3 is 5.63 Å². The number of aliphatic hydroxyl groups is 1. The van der Waals surface area contributed by atoms with Crippen molar-refractivity contribution in [1.29, 1.82) is 0 Å². The highest BCUT2D eigenvalue weighted by atomic mass is 19.1. The lowest BCUT2D eigenvalue weighted by atomic mass is 9.90. The Kier molecular flexibility index (Phi) is 5.70. The highest BCUT2D eigenvalue weighted by Crippen LogP contribution is 2.31. The number of aliphatic hydroxyl groups excluding tert-OH is 1. The van der Waals surface area contributed by atoms with Gasteiger partial charge in [0.25, 0.3) is 5.56 Å². The van der Waals surface area contributed by atoms with Gasteiger partial charge in [-0.15, -0.1) is 0 Å². The van der Waals surface area contributed by atoms with Crippen LogP contribution < -0.4 is 16.5 Å². The monoisotopic (exact) mass is 487 g/mol. The number of nitrogens with one attached hydrogen (secondary N) is 2. The number of nitrogens with zero attached hydrogens (tertiary/aromatic N) is 1. The average molecular weight is 488 g/mol. The Labute approximate surface area is 205 Å². The van der Waals surface area contributed by atoms with Crippen molar-refractivity contribution in [2.24, 2.45) is 0 Å². The lowest BCUT2D eigenvalue weighted by Gasteiger charge is -2.31. The standard InChI is InChI=1S/C28H26FN3O4/c29-18-4-9-25-22(12-18)27-23(28(35)36-25)13-20(31-27)14-30-19-5-7-21(8-6-19)32-24-11-16(15-33)1-2-17(24)3-10-26(32)34/h1-4,9-13,19,21,30-31,33H,5-8,14-15H2. The van der Waals surface area contributed by atoms with E-state index in [1.54, 1.807) is 12.1 Å². The molecule has 7 nitrogen and oxygen atoms in total. The van der Waals surface area contributed by atoms with Gasteiger partial charge in [0.1, 0.15) is 11.4 Å². The van der Waals surface area contributed by atoms with E-state index in [9.17, 15) is 19.1 Å². The molecule has 5 aromatic rings. The van der Waals surface area contributed by atoms with Crippen LogP contribution in [0.25, 0.3) is 32.8 Å². The first-order valence-corrected chi connectivity index (χ1v) is 12.2. The molecule has 0 saturated heterocycles. The first-order valence-electron chi connectivity index (χ1n) is 12.2. The van der Waals surface area contributed by atoms with Crippen molar-refractivity contribution in [1.82, 2.24) is 14.9 Å². The summed E-state index contributed by atoms with van der Waals surface area (Å²) in [5, 5.41) is 15.0. The van der Waals surface area contributed by atoms with E-state index >= 15 is 0 Å². The number of aromatic amines is 1. The Morgan fingerprint density at radius 1 is 1.00 bits per heavy atom. The zero-order valence-electron chi connectivity index (χ0n) is 19.6. The van der Waals surface area contributed by atoms with Gasteiger partial charge < -0.3 is 24.4 Å². The molecular weight excluding hydrogens is 461 g/mol. The molecule has 1 fully saturated rings. The molecule has 3 heterocycles.